The van der Waals surface area contributed by atoms with Crippen molar-refractivity contribution >= 4 is 33.9 Å². The molecule has 4 aromatic rings. The van der Waals surface area contributed by atoms with Crippen LogP contribution in [0.1, 0.15) is 75.0 Å². The molecule has 3 N–H and O–H groups in total. The number of benzene rings is 1. The molecule has 2 amide bonds. The first-order valence-electron chi connectivity index (χ1n) is 16.8. The second kappa shape index (κ2) is 13.5. The minimum atomic E-state index is -3.09. The van der Waals surface area contributed by atoms with E-state index in [1.165, 1.54) is 16.6 Å². The van der Waals surface area contributed by atoms with Crippen molar-refractivity contribution < 1.29 is 36.6 Å². The molecular formula is C35H43F4N7O4. The van der Waals surface area contributed by atoms with E-state index in [-0.39, 0.29) is 49.7 Å². The summed E-state index contributed by atoms with van der Waals surface area (Å²) in [6.07, 6.45) is 0.105. The van der Waals surface area contributed by atoms with E-state index in [4.69, 9.17) is 20.4 Å². The summed E-state index contributed by atoms with van der Waals surface area (Å²) in [6.45, 7) is 2.06. The third-order valence-electron chi connectivity index (χ3n) is 9.94. The smallest absolute Gasteiger partial charge is 0.345 e. The Kier molecular flexibility index (Phi) is 9.59. The van der Waals surface area contributed by atoms with Gasteiger partial charge in [0.05, 0.1) is 42.7 Å². The summed E-state index contributed by atoms with van der Waals surface area (Å²) in [4.78, 5) is 37.9. The second-order valence-electron chi connectivity index (χ2n) is 14.1. The van der Waals surface area contributed by atoms with Crippen molar-refractivity contribution in [2.24, 2.45) is 18.2 Å². The van der Waals surface area contributed by atoms with Crippen LogP contribution in [0.3, 0.4) is 0 Å². The van der Waals surface area contributed by atoms with E-state index in [9.17, 15) is 18.4 Å². The third-order valence-corrected chi connectivity index (χ3v) is 9.94. The number of rotatable bonds is 5. The van der Waals surface area contributed by atoms with Gasteiger partial charge >= 0.3 is 6.61 Å². The van der Waals surface area contributed by atoms with Gasteiger partial charge in [-0.15, -0.1) is 0 Å². The number of aryl methyl sites for hydroxylation is 1. The summed E-state index contributed by atoms with van der Waals surface area (Å²) in [5.74, 6) is -2.94. The van der Waals surface area contributed by atoms with Crippen LogP contribution in [-0.4, -0.2) is 80.7 Å². The van der Waals surface area contributed by atoms with Gasteiger partial charge in [-0.1, -0.05) is 20.3 Å². The van der Waals surface area contributed by atoms with Crippen LogP contribution >= 0.6 is 0 Å². The maximum atomic E-state index is 15.8. The van der Waals surface area contributed by atoms with E-state index >= 15 is 8.78 Å². The zero-order chi connectivity index (χ0) is 36.1. The molecule has 1 aromatic carbocycles. The van der Waals surface area contributed by atoms with Gasteiger partial charge in [0.15, 0.2) is 5.82 Å². The number of fused-ring (bicyclic) bond motifs is 2. The highest BCUT2D eigenvalue weighted by Crippen LogP contribution is 2.37. The van der Waals surface area contributed by atoms with Crippen molar-refractivity contribution in [3.63, 3.8) is 0 Å². The van der Waals surface area contributed by atoms with Gasteiger partial charge < -0.3 is 34.6 Å². The van der Waals surface area contributed by atoms with Gasteiger partial charge in [-0.05, 0) is 56.5 Å². The Balaban J connectivity index is 1.42. The highest BCUT2D eigenvalue weighted by molar-refractivity contribution is 6.00. The lowest BCUT2D eigenvalue weighted by molar-refractivity contribution is -0.175. The molecule has 2 aliphatic rings. The molecule has 0 aliphatic carbocycles. The highest BCUT2D eigenvalue weighted by Gasteiger charge is 2.35. The number of hydrogen-bond acceptors (Lipinski definition) is 7. The fourth-order valence-electron chi connectivity index (χ4n) is 7.02. The van der Waals surface area contributed by atoms with Gasteiger partial charge in [0.1, 0.15) is 16.9 Å². The average Bonchev–Trinajstić information content (AvgIpc) is 3.58. The van der Waals surface area contributed by atoms with Gasteiger partial charge in [0.25, 0.3) is 11.8 Å². The third kappa shape index (κ3) is 6.89. The van der Waals surface area contributed by atoms with Gasteiger partial charge in [0.2, 0.25) is 5.91 Å². The predicted molar refractivity (Wildman–Crippen MR) is 179 cm³/mol. The molecule has 2 aliphatic heterocycles. The van der Waals surface area contributed by atoms with Crippen molar-refractivity contribution in [3.8, 4) is 17.3 Å². The van der Waals surface area contributed by atoms with E-state index in [2.05, 4.69) is 10.1 Å². The molecule has 2 bridgehead atoms. The number of nitrogens with zero attached hydrogens (tertiary/aromatic N) is 5. The largest absolute Gasteiger partial charge is 0.494 e. The van der Waals surface area contributed by atoms with Crippen LogP contribution in [0.25, 0.3) is 33.6 Å². The van der Waals surface area contributed by atoms with Crippen LogP contribution < -0.4 is 15.8 Å². The second-order valence-corrected chi connectivity index (χ2v) is 14.1. The van der Waals surface area contributed by atoms with Crippen molar-refractivity contribution in [1.82, 2.24) is 29.3 Å². The Bertz CT molecular complexity index is 1920. The Morgan fingerprint density at radius 1 is 1.12 bits per heavy atom. The first kappa shape index (κ1) is 35.6. The Hall–Kier alpha value is -4.24. The number of carbonyl (C=O) groups excluding carboxylic acids is 2. The predicted octanol–water partition coefficient (Wildman–Crippen LogP) is 5.79. The minimum absolute atomic E-state index is 0.0212. The summed E-state index contributed by atoms with van der Waals surface area (Å²) in [5.41, 5.74) is 7.80. The molecule has 0 spiro atoms. The van der Waals surface area contributed by atoms with E-state index in [1.807, 2.05) is 20.8 Å². The van der Waals surface area contributed by atoms with Crippen molar-refractivity contribution in [2.75, 3.05) is 20.2 Å². The summed E-state index contributed by atoms with van der Waals surface area (Å²) in [5, 5.41) is 3.67. The molecule has 0 unspecified atom stereocenters. The number of nitrogens with one attached hydrogen (secondary N) is 1. The number of aromatic nitrogens is 4. The molecule has 1 saturated heterocycles. The number of amides is 2. The number of likely N-dealkylation sites (tertiary alicyclic amines) is 1. The van der Waals surface area contributed by atoms with E-state index in [0.717, 1.165) is 0 Å². The number of pyridine rings is 1. The van der Waals surface area contributed by atoms with Crippen LogP contribution in [0.15, 0.2) is 30.3 Å². The summed E-state index contributed by atoms with van der Waals surface area (Å²) >= 11 is 0. The molecule has 50 heavy (non-hydrogen) atoms. The molecule has 15 heteroatoms. The topological polar surface area (TPSA) is 130 Å². The normalized spacial score (nSPS) is 23.0. The zero-order valence-electron chi connectivity index (χ0n) is 28.8. The summed E-state index contributed by atoms with van der Waals surface area (Å²) in [7, 11) is 3.20. The number of ether oxygens (including phenoxy) is 2. The Morgan fingerprint density at radius 3 is 2.56 bits per heavy atom. The summed E-state index contributed by atoms with van der Waals surface area (Å²) < 4.78 is 70.6. The van der Waals surface area contributed by atoms with Crippen LogP contribution in [0.5, 0.6) is 5.75 Å². The standard InChI is InChI=1S/C35H43F4N7O4/c1-19-23-9-8-20-15-25(46(29(20)42-23)18-35(38,39)12-7-6-11-34(2,3)32(48)41-19)30-43-24-14-21(16-27(49-5)28(24)44(30)4)31(47)45-13-10-26(22(40)17-45)50-33(36)37/h8-9,14-16,19,22,26,33H,6-7,10-13,17-18,40H2,1-5H3,(H,41,48)/t19-,22+,26-/m1/s1. The number of piperidine rings is 1. The Labute approximate surface area is 287 Å². The number of hydrogen-bond donors (Lipinski definition) is 2. The number of methoxy groups -OCH3 is 1. The lowest BCUT2D eigenvalue weighted by Gasteiger charge is -2.36. The van der Waals surface area contributed by atoms with Crippen LogP contribution in [0.2, 0.25) is 0 Å². The first-order chi connectivity index (χ1) is 23.6. The number of nitrogens with two attached hydrogens (primary N) is 1. The molecule has 270 valence electrons. The maximum absolute atomic E-state index is 15.8. The highest BCUT2D eigenvalue weighted by atomic mass is 19.3. The van der Waals surface area contributed by atoms with Crippen molar-refractivity contribution in [2.45, 2.75) is 90.1 Å². The monoisotopic (exact) mass is 701 g/mol. The van der Waals surface area contributed by atoms with E-state index < -0.39 is 42.7 Å². The molecule has 0 radical (unpaired) electrons. The lowest BCUT2D eigenvalue weighted by Crippen LogP contribution is -2.54. The molecule has 3 aromatic heterocycles. The van der Waals surface area contributed by atoms with E-state index in [0.29, 0.717) is 57.9 Å². The van der Waals surface area contributed by atoms with Crippen LogP contribution in [0, 0.1) is 5.41 Å². The molecular weight excluding hydrogens is 658 g/mol. The number of imidazole rings is 1. The molecule has 5 heterocycles. The lowest BCUT2D eigenvalue weighted by atomic mass is 9.85. The number of halogens is 4. The van der Waals surface area contributed by atoms with Crippen LogP contribution in [0.4, 0.5) is 17.6 Å². The zero-order valence-corrected chi connectivity index (χ0v) is 28.8. The van der Waals surface area contributed by atoms with Crippen LogP contribution in [-0.2, 0) is 23.1 Å². The number of alkyl halides is 4. The molecule has 6 rings (SSSR count). The molecule has 3 atom stereocenters. The molecule has 0 saturated carbocycles. The van der Waals surface area contributed by atoms with Gasteiger partial charge in [-0.2, -0.15) is 8.78 Å². The average molecular weight is 702 g/mol. The molecule has 11 nitrogen and oxygen atoms in total. The fraction of sp³-hybridized carbons (Fsp3) is 0.543. The van der Waals surface area contributed by atoms with Crippen molar-refractivity contribution in [1.29, 1.82) is 0 Å². The van der Waals surface area contributed by atoms with Gasteiger partial charge in [-0.25, -0.2) is 18.7 Å². The first-order valence-corrected chi connectivity index (χ1v) is 16.8. The maximum Gasteiger partial charge on any atom is 0.345 e. The van der Waals surface area contributed by atoms with Gasteiger partial charge in [-0.3, -0.25) is 9.59 Å². The summed E-state index contributed by atoms with van der Waals surface area (Å²) in [6, 6.07) is 7.25. The quantitative estimate of drug-likeness (QED) is 0.252. The Morgan fingerprint density at radius 2 is 1.86 bits per heavy atom. The van der Waals surface area contributed by atoms with Gasteiger partial charge in [0, 0.05) is 49.0 Å². The molecule has 1 fully saturated rings. The van der Waals surface area contributed by atoms with Crippen molar-refractivity contribution in [3.05, 3.63) is 41.6 Å². The minimum Gasteiger partial charge on any atom is -0.494 e. The van der Waals surface area contributed by atoms with E-state index in [1.54, 1.807) is 41.9 Å². The SMILES string of the molecule is COc1cc(C(=O)N2CC[C@@H](OC(F)F)[C@@H](N)C2)cc2nc(-c3cc4ccc5nc4n3CC(F)(F)CCCCC(C)(C)C(=O)N[C@@H]5C)n(C)c12. The number of carbonyl (C=O) groups is 2. The fourth-order valence-corrected chi connectivity index (χ4v) is 7.02.